The van der Waals surface area contributed by atoms with Crippen molar-refractivity contribution in [2.75, 3.05) is 0 Å². The molecule has 0 spiro atoms. The molecular weight excluding hydrogens is 225 g/mol. The molecule has 5 heteroatoms. The maximum absolute atomic E-state index is 12.9. The molecule has 0 saturated carbocycles. The first-order valence-electron chi connectivity index (χ1n) is 3.16. The highest BCUT2D eigenvalue weighted by atomic mass is 79.9. The molecule has 0 saturated heterocycles. The van der Waals surface area contributed by atoms with Gasteiger partial charge in [0.1, 0.15) is 5.82 Å². The van der Waals surface area contributed by atoms with Crippen molar-refractivity contribution >= 4 is 21.6 Å². The van der Waals surface area contributed by atoms with E-state index in [4.69, 9.17) is 5.53 Å². The Morgan fingerprint density at radius 2 is 2.25 bits per heavy atom. The molecule has 1 aromatic rings. The van der Waals surface area contributed by atoms with Gasteiger partial charge < -0.3 is 0 Å². The summed E-state index contributed by atoms with van der Waals surface area (Å²) in [6.07, 6.45) is 0. The van der Waals surface area contributed by atoms with Gasteiger partial charge in [-0.1, -0.05) is 5.11 Å². The van der Waals surface area contributed by atoms with Gasteiger partial charge in [-0.05, 0) is 46.1 Å². The quantitative estimate of drug-likeness (QED) is 0.399. The van der Waals surface area contributed by atoms with Gasteiger partial charge in [0.15, 0.2) is 0 Å². The zero-order valence-corrected chi connectivity index (χ0v) is 7.84. The fourth-order valence-corrected chi connectivity index (χ4v) is 1.25. The molecule has 0 aliphatic heterocycles. The van der Waals surface area contributed by atoms with Gasteiger partial charge in [0.05, 0.1) is 4.47 Å². The van der Waals surface area contributed by atoms with Crippen molar-refractivity contribution < 1.29 is 4.39 Å². The number of rotatable bonds is 1. The molecule has 0 unspecified atom stereocenters. The maximum Gasteiger partial charge on any atom is 0.137 e. The van der Waals surface area contributed by atoms with Gasteiger partial charge in [-0.15, -0.1) is 0 Å². The lowest BCUT2D eigenvalue weighted by Gasteiger charge is -2.00. The van der Waals surface area contributed by atoms with Crippen molar-refractivity contribution in [1.82, 2.24) is 0 Å². The fourth-order valence-electron chi connectivity index (χ4n) is 0.792. The number of nitrogens with zero attached hydrogens (tertiary/aromatic N) is 3. The molecule has 12 heavy (non-hydrogen) atoms. The lowest BCUT2D eigenvalue weighted by molar-refractivity contribution is 0.621. The number of hydrogen-bond acceptors (Lipinski definition) is 1. The van der Waals surface area contributed by atoms with Gasteiger partial charge >= 0.3 is 0 Å². The van der Waals surface area contributed by atoms with E-state index in [1.165, 1.54) is 6.07 Å². The smallest absolute Gasteiger partial charge is 0.137 e. The number of hydrogen-bond donors (Lipinski definition) is 0. The Morgan fingerprint density at radius 1 is 1.58 bits per heavy atom. The Bertz CT molecular complexity index is 358. The summed E-state index contributed by atoms with van der Waals surface area (Å²) in [5.41, 5.74) is 9.18. The van der Waals surface area contributed by atoms with Crippen LogP contribution in [0.15, 0.2) is 21.7 Å². The summed E-state index contributed by atoms with van der Waals surface area (Å²) < 4.78 is 13.2. The number of aryl methyl sites for hydroxylation is 1. The zero-order chi connectivity index (χ0) is 9.14. The van der Waals surface area contributed by atoms with Gasteiger partial charge in [-0.2, -0.15) is 0 Å². The van der Waals surface area contributed by atoms with Crippen molar-refractivity contribution in [2.45, 2.75) is 6.92 Å². The van der Waals surface area contributed by atoms with Crippen LogP contribution < -0.4 is 0 Å². The van der Waals surface area contributed by atoms with Crippen LogP contribution >= 0.6 is 15.9 Å². The minimum atomic E-state index is -0.428. The Kier molecular flexibility index (Phi) is 2.68. The van der Waals surface area contributed by atoms with Crippen molar-refractivity contribution in [3.63, 3.8) is 0 Å². The lowest BCUT2D eigenvalue weighted by Crippen LogP contribution is -1.79. The first-order valence-corrected chi connectivity index (χ1v) is 3.95. The highest BCUT2D eigenvalue weighted by molar-refractivity contribution is 9.10. The Hall–Kier alpha value is -1.06. The van der Waals surface area contributed by atoms with Crippen molar-refractivity contribution in [1.29, 1.82) is 0 Å². The Labute approximate surface area is 77.0 Å². The second-order valence-electron chi connectivity index (χ2n) is 2.24. The number of benzene rings is 1. The average Bonchev–Trinajstić information content (AvgIpc) is 2.01. The van der Waals surface area contributed by atoms with Crippen molar-refractivity contribution in [3.05, 3.63) is 38.4 Å². The molecule has 0 aliphatic carbocycles. The molecule has 0 fully saturated rings. The lowest BCUT2D eigenvalue weighted by atomic mass is 10.2. The van der Waals surface area contributed by atoms with E-state index < -0.39 is 5.82 Å². The van der Waals surface area contributed by atoms with Gasteiger partial charge in [-0.3, -0.25) is 0 Å². The van der Waals surface area contributed by atoms with Crippen LogP contribution in [0.25, 0.3) is 10.4 Å². The van der Waals surface area contributed by atoms with Crippen molar-refractivity contribution in [2.24, 2.45) is 5.11 Å². The molecule has 0 aliphatic rings. The van der Waals surface area contributed by atoms with E-state index in [0.29, 0.717) is 10.2 Å². The first kappa shape index (κ1) is 9.03. The molecule has 0 N–H and O–H groups in total. The molecule has 1 rings (SSSR count). The molecule has 0 radical (unpaired) electrons. The van der Waals surface area contributed by atoms with E-state index >= 15 is 0 Å². The predicted molar refractivity (Wildman–Crippen MR) is 47.6 cm³/mol. The van der Waals surface area contributed by atoms with Crippen LogP contribution in [-0.4, -0.2) is 0 Å². The molecule has 62 valence electrons. The van der Waals surface area contributed by atoms with E-state index in [-0.39, 0.29) is 0 Å². The van der Waals surface area contributed by atoms with Gasteiger partial charge in [0, 0.05) is 10.6 Å². The average molecular weight is 230 g/mol. The minimum Gasteiger partial charge on any atom is -0.206 e. The second kappa shape index (κ2) is 3.56. The molecule has 0 amide bonds. The van der Waals surface area contributed by atoms with Crippen LogP contribution in [0.4, 0.5) is 10.1 Å². The van der Waals surface area contributed by atoms with E-state index in [0.717, 1.165) is 5.56 Å². The molecular formula is C7H5BrFN3. The van der Waals surface area contributed by atoms with Crippen LogP contribution in [0.5, 0.6) is 0 Å². The number of azide groups is 1. The summed E-state index contributed by atoms with van der Waals surface area (Å²) in [5, 5.41) is 3.33. The SMILES string of the molecule is Cc1cc(Br)c(F)cc1N=[N+]=[N-]. The zero-order valence-electron chi connectivity index (χ0n) is 6.25. The van der Waals surface area contributed by atoms with Crippen LogP contribution in [0.1, 0.15) is 5.56 Å². The highest BCUT2D eigenvalue weighted by Crippen LogP contribution is 2.25. The number of halogens is 2. The molecule has 0 bridgehead atoms. The van der Waals surface area contributed by atoms with Gasteiger partial charge in [0.2, 0.25) is 0 Å². The normalized spacial score (nSPS) is 9.25. The van der Waals surface area contributed by atoms with E-state index in [1.54, 1.807) is 13.0 Å². The largest absolute Gasteiger partial charge is 0.206 e. The monoisotopic (exact) mass is 229 g/mol. The summed E-state index contributed by atoms with van der Waals surface area (Å²) >= 11 is 3.02. The van der Waals surface area contributed by atoms with Crippen molar-refractivity contribution in [3.8, 4) is 0 Å². The fraction of sp³-hybridized carbons (Fsp3) is 0.143. The Morgan fingerprint density at radius 3 is 2.83 bits per heavy atom. The molecule has 0 heterocycles. The summed E-state index contributed by atoms with van der Waals surface area (Å²) in [6.45, 7) is 1.74. The minimum absolute atomic E-state index is 0.318. The predicted octanol–water partition coefficient (Wildman–Crippen LogP) is 3.84. The molecule has 1 aromatic carbocycles. The van der Waals surface area contributed by atoms with E-state index in [2.05, 4.69) is 26.0 Å². The van der Waals surface area contributed by atoms with Gasteiger partial charge in [0.25, 0.3) is 0 Å². The van der Waals surface area contributed by atoms with E-state index in [1.807, 2.05) is 0 Å². The third-order valence-electron chi connectivity index (χ3n) is 1.39. The summed E-state index contributed by atoms with van der Waals surface area (Å²) in [4.78, 5) is 2.58. The molecule has 0 aromatic heterocycles. The maximum atomic E-state index is 12.9. The summed E-state index contributed by atoms with van der Waals surface area (Å²) in [6, 6.07) is 2.76. The third-order valence-corrected chi connectivity index (χ3v) is 2.00. The highest BCUT2D eigenvalue weighted by Gasteiger charge is 2.02. The summed E-state index contributed by atoms with van der Waals surface area (Å²) in [7, 11) is 0. The second-order valence-corrected chi connectivity index (χ2v) is 3.10. The topological polar surface area (TPSA) is 48.8 Å². The third kappa shape index (κ3) is 1.75. The van der Waals surface area contributed by atoms with Gasteiger partial charge in [-0.25, -0.2) is 4.39 Å². The standard InChI is InChI=1S/C7H5BrFN3/c1-4-2-5(8)6(9)3-7(4)11-12-10/h2-3H,1H3. The molecule has 3 nitrogen and oxygen atoms in total. The summed E-state index contributed by atoms with van der Waals surface area (Å²) in [5.74, 6) is -0.428. The van der Waals surface area contributed by atoms with Crippen LogP contribution in [0, 0.1) is 12.7 Å². The van der Waals surface area contributed by atoms with Crippen LogP contribution in [0.3, 0.4) is 0 Å². The Balaban J connectivity index is 3.32. The van der Waals surface area contributed by atoms with E-state index in [9.17, 15) is 4.39 Å². The first-order chi connectivity index (χ1) is 5.65. The van der Waals surface area contributed by atoms with Crippen LogP contribution in [-0.2, 0) is 0 Å². The van der Waals surface area contributed by atoms with Crippen LogP contribution in [0.2, 0.25) is 0 Å². The molecule has 0 atom stereocenters.